The molecule has 0 unspecified atom stereocenters. The number of hydrogen-bond donors (Lipinski definition) is 1. The molecule has 0 aliphatic carbocycles. The van der Waals surface area contributed by atoms with Gasteiger partial charge in [-0.15, -0.1) is 11.6 Å². The zero-order valence-corrected chi connectivity index (χ0v) is 16.8. The third-order valence-electron chi connectivity index (χ3n) is 3.63. The van der Waals surface area contributed by atoms with Crippen LogP contribution in [0.1, 0.15) is 41.1 Å². The number of nitrogens with one attached hydrogen (secondary N) is 1. The first-order chi connectivity index (χ1) is 12.5. The second-order valence-corrected chi connectivity index (χ2v) is 7.00. The molecular formula is C18H21Cl3N2O3. The minimum Gasteiger partial charge on any atom is -0.490 e. The summed E-state index contributed by atoms with van der Waals surface area (Å²) in [5.41, 5.74) is 1.27. The highest BCUT2D eigenvalue weighted by Crippen LogP contribution is 2.34. The van der Waals surface area contributed by atoms with Crippen LogP contribution < -0.4 is 10.1 Å². The highest BCUT2D eigenvalue weighted by atomic mass is 35.5. The van der Waals surface area contributed by atoms with Crippen molar-refractivity contribution in [3.8, 4) is 5.75 Å². The van der Waals surface area contributed by atoms with E-state index in [9.17, 15) is 4.79 Å². The van der Waals surface area contributed by atoms with Crippen LogP contribution in [0.25, 0.3) is 0 Å². The van der Waals surface area contributed by atoms with Crippen LogP contribution in [-0.2, 0) is 6.42 Å². The first-order valence-electron chi connectivity index (χ1n) is 8.39. The van der Waals surface area contributed by atoms with Gasteiger partial charge in [-0.25, -0.2) is 0 Å². The quantitative estimate of drug-likeness (QED) is 0.432. The summed E-state index contributed by atoms with van der Waals surface area (Å²) in [4.78, 5) is 11.9. The van der Waals surface area contributed by atoms with Crippen molar-refractivity contribution in [3.05, 3.63) is 45.3 Å². The SMILES string of the molecule is Cc1cc(CCCCCOc2c(Cl)cc(C(=O)NCCCl)cc2Cl)on1. The van der Waals surface area contributed by atoms with E-state index in [1.54, 1.807) is 12.1 Å². The largest absolute Gasteiger partial charge is 0.490 e. The number of alkyl halides is 1. The minimum absolute atomic E-state index is 0.274. The van der Waals surface area contributed by atoms with Crippen LogP contribution in [0.15, 0.2) is 22.7 Å². The molecule has 1 aromatic heterocycles. The van der Waals surface area contributed by atoms with Crippen LogP contribution in [0.2, 0.25) is 10.0 Å². The number of aryl methyl sites for hydroxylation is 2. The molecule has 8 heteroatoms. The van der Waals surface area contributed by atoms with E-state index in [0.29, 0.717) is 40.4 Å². The number of rotatable bonds is 10. The second-order valence-electron chi connectivity index (χ2n) is 5.81. The van der Waals surface area contributed by atoms with Crippen molar-refractivity contribution in [3.63, 3.8) is 0 Å². The second kappa shape index (κ2) is 10.7. The summed E-state index contributed by atoms with van der Waals surface area (Å²) in [6.07, 6.45) is 3.68. The monoisotopic (exact) mass is 418 g/mol. The molecule has 2 aromatic rings. The number of nitrogens with zero attached hydrogens (tertiary/aromatic N) is 1. The summed E-state index contributed by atoms with van der Waals surface area (Å²) in [6, 6.07) is 5.03. The maximum absolute atomic E-state index is 11.9. The van der Waals surface area contributed by atoms with E-state index in [1.807, 2.05) is 13.0 Å². The predicted octanol–water partition coefficient (Wildman–Crippen LogP) is 5.05. The summed E-state index contributed by atoms with van der Waals surface area (Å²) in [6.45, 7) is 2.77. The molecule has 142 valence electrons. The Hall–Kier alpha value is -1.43. The van der Waals surface area contributed by atoms with E-state index in [1.165, 1.54) is 0 Å². The molecule has 0 spiro atoms. The Balaban J connectivity index is 1.77. The molecule has 0 aliphatic heterocycles. The number of ether oxygens (including phenoxy) is 1. The molecule has 26 heavy (non-hydrogen) atoms. The molecule has 0 bridgehead atoms. The van der Waals surface area contributed by atoms with Crippen LogP contribution in [-0.4, -0.2) is 30.1 Å². The van der Waals surface area contributed by atoms with Crippen LogP contribution in [0.4, 0.5) is 0 Å². The highest BCUT2D eigenvalue weighted by Gasteiger charge is 2.14. The van der Waals surface area contributed by atoms with Gasteiger partial charge in [-0.3, -0.25) is 4.79 Å². The summed E-state index contributed by atoms with van der Waals surface area (Å²) in [7, 11) is 0. The van der Waals surface area contributed by atoms with E-state index in [4.69, 9.17) is 44.1 Å². The van der Waals surface area contributed by atoms with Crippen LogP contribution >= 0.6 is 34.8 Å². The molecule has 0 radical (unpaired) electrons. The zero-order chi connectivity index (χ0) is 18.9. The van der Waals surface area contributed by atoms with E-state index in [0.717, 1.165) is 37.1 Å². The molecule has 0 fully saturated rings. The van der Waals surface area contributed by atoms with E-state index >= 15 is 0 Å². The Labute approximate surface area is 167 Å². The van der Waals surface area contributed by atoms with E-state index < -0.39 is 0 Å². The molecule has 5 nitrogen and oxygen atoms in total. The Kier molecular flexibility index (Phi) is 8.55. The Bertz CT molecular complexity index is 711. The van der Waals surface area contributed by atoms with Crippen LogP contribution in [0, 0.1) is 6.92 Å². The number of halogens is 3. The Morgan fingerprint density at radius 1 is 1.19 bits per heavy atom. The number of carbonyl (C=O) groups is 1. The van der Waals surface area contributed by atoms with Crippen molar-refractivity contribution in [1.29, 1.82) is 0 Å². The average Bonchev–Trinajstić information content (AvgIpc) is 3.02. The fourth-order valence-electron chi connectivity index (χ4n) is 2.38. The van der Waals surface area contributed by atoms with Crippen molar-refractivity contribution in [2.45, 2.75) is 32.6 Å². The van der Waals surface area contributed by atoms with E-state index in [-0.39, 0.29) is 5.91 Å². The molecule has 1 N–H and O–H groups in total. The number of hydrogen-bond acceptors (Lipinski definition) is 4. The van der Waals surface area contributed by atoms with Crippen molar-refractivity contribution < 1.29 is 14.1 Å². The van der Waals surface area contributed by atoms with Crippen molar-refractivity contribution in [2.24, 2.45) is 0 Å². The van der Waals surface area contributed by atoms with Crippen molar-refractivity contribution in [1.82, 2.24) is 10.5 Å². The number of benzene rings is 1. The molecule has 0 saturated carbocycles. The lowest BCUT2D eigenvalue weighted by Crippen LogP contribution is -2.25. The lowest BCUT2D eigenvalue weighted by molar-refractivity contribution is 0.0956. The number of amides is 1. The van der Waals surface area contributed by atoms with Gasteiger partial charge in [0.25, 0.3) is 5.91 Å². The Morgan fingerprint density at radius 3 is 2.54 bits per heavy atom. The summed E-state index contributed by atoms with van der Waals surface area (Å²) >= 11 is 18.0. The number of carbonyl (C=O) groups excluding carboxylic acids is 1. The summed E-state index contributed by atoms with van der Waals surface area (Å²) in [5, 5.41) is 7.15. The van der Waals surface area contributed by atoms with E-state index in [2.05, 4.69) is 10.5 Å². The molecule has 2 rings (SSSR count). The summed E-state index contributed by atoms with van der Waals surface area (Å²) < 4.78 is 10.9. The van der Waals surface area contributed by atoms with Gasteiger partial charge in [0.15, 0.2) is 5.75 Å². The smallest absolute Gasteiger partial charge is 0.251 e. The van der Waals surface area contributed by atoms with Gasteiger partial charge in [-0.2, -0.15) is 0 Å². The number of aromatic nitrogens is 1. The third-order valence-corrected chi connectivity index (χ3v) is 4.38. The summed E-state index contributed by atoms with van der Waals surface area (Å²) in [5.74, 6) is 1.36. The van der Waals surface area contributed by atoms with Gasteiger partial charge in [0.2, 0.25) is 0 Å². The van der Waals surface area contributed by atoms with Gasteiger partial charge in [0, 0.05) is 30.5 Å². The predicted molar refractivity (Wildman–Crippen MR) is 104 cm³/mol. The molecule has 1 aromatic carbocycles. The topological polar surface area (TPSA) is 64.4 Å². The average molecular weight is 420 g/mol. The standard InChI is InChI=1S/C18H21Cl3N2O3/c1-12-9-14(26-23-12)5-3-2-4-8-25-17-15(20)10-13(11-16(17)21)18(24)22-7-6-19/h9-11H,2-8H2,1H3,(H,22,24). The lowest BCUT2D eigenvalue weighted by atomic mass is 10.1. The van der Waals surface area contributed by atoms with Gasteiger partial charge < -0.3 is 14.6 Å². The molecular weight excluding hydrogens is 399 g/mol. The molecule has 0 aliphatic rings. The highest BCUT2D eigenvalue weighted by molar-refractivity contribution is 6.37. The first kappa shape index (κ1) is 20.9. The molecule has 0 atom stereocenters. The fraction of sp³-hybridized carbons (Fsp3) is 0.444. The van der Waals surface area contributed by atoms with Crippen molar-refractivity contribution >= 4 is 40.7 Å². The fourth-order valence-corrected chi connectivity index (χ4v) is 3.07. The van der Waals surface area contributed by atoms with Gasteiger partial charge in [0.05, 0.1) is 22.3 Å². The van der Waals surface area contributed by atoms with Crippen molar-refractivity contribution in [2.75, 3.05) is 19.0 Å². The molecule has 1 heterocycles. The normalized spacial score (nSPS) is 10.8. The third kappa shape index (κ3) is 6.38. The molecule has 0 saturated heterocycles. The Morgan fingerprint density at radius 2 is 1.92 bits per heavy atom. The van der Waals surface area contributed by atoms with Crippen LogP contribution in [0.5, 0.6) is 5.75 Å². The minimum atomic E-state index is -0.274. The van der Waals surface area contributed by atoms with Gasteiger partial charge in [0.1, 0.15) is 5.76 Å². The van der Waals surface area contributed by atoms with Crippen LogP contribution in [0.3, 0.4) is 0 Å². The number of unbranched alkanes of at least 4 members (excludes halogenated alkanes) is 2. The zero-order valence-electron chi connectivity index (χ0n) is 14.5. The van der Waals surface area contributed by atoms with Gasteiger partial charge in [-0.1, -0.05) is 28.4 Å². The maximum atomic E-state index is 11.9. The molecule has 1 amide bonds. The maximum Gasteiger partial charge on any atom is 0.251 e. The first-order valence-corrected chi connectivity index (χ1v) is 9.68. The van der Waals surface area contributed by atoms with Gasteiger partial charge in [-0.05, 0) is 38.3 Å². The van der Waals surface area contributed by atoms with Gasteiger partial charge >= 0.3 is 0 Å². The lowest BCUT2D eigenvalue weighted by Gasteiger charge is -2.12.